The molecule has 7 heteroatoms. The zero-order chi connectivity index (χ0) is 19.1. The van der Waals surface area contributed by atoms with Gasteiger partial charge in [-0.15, -0.1) is 0 Å². The number of carbonyl (C=O) groups is 1. The summed E-state index contributed by atoms with van der Waals surface area (Å²) in [6.07, 6.45) is 3.05. The zero-order valence-electron chi connectivity index (χ0n) is 15.9. The van der Waals surface area contributed by atoms with Gasteiger partial charge in [-0.3, -0.25) is 4.79 Å². The van der Waals surface area contributed by atoms with Gasteiger partial charge >= 0.3 is 0 Å². The van der Waals surface area contributed by atoms with Crippen molar-refractivity contribution < 1.29 is 17.9 Å². The minimum absolute atomic E-state index is 0.00769. The number of aryl methyl sites for hydroxylation is 1. The molecule has 3 rings (SSSR count). The Bertz CT molecular complexity index is 796. The Morgan fingerprint density at radius 2 is 1.92 bits per heavy atom. The summed E-state index contributed by atoms with van der Waals surface area (Å²) in [4.78, 5) is 12.8. The Kier molecular flexibility index (Phi) is 5.05. The van der Waals surface area contributed by atoms with Crippen LogP contribution in [0.25, 0.3) is 0 Å². The van der Waals surface area contributed by atoms with Crippen LogP contribution in [-0.2, 0) is 14.8 Å². The van der Waals surface area contributed by atoms with Crippen molar-refractivity contribution in [3.05, 3.63) is 29.3 Å². The number of hydrogen-bond donors (Lipinski definition) is 1. The van der Waals surface area contributed by atoms with Crippen LogP contribution in [0, 0.1) is 12.8 Å². The quantitative estimate of drug-likeness (QED) is 0.874. The van der Waals surface area contributed by atoms with Crippen LogP contribution in [0.2, 0.25) is 0 Å². The van der Waals surface area contributed by atoms with E-state index >= 15 is 0 Å². The van der Waals surface area contributed by atoms with Gasteiger partial charge in [0.25, 0.3) is 0 Å². The second-order valence-electron chi connectivity index (χ2n) is 8.10. The highest BCUT2D eigenvalue weighted by molar-refractivity contribution is 7.88. The van der Waals surface area contributed by atoms with Gasteiger partial charge in [-0.05, 0) is 39.7 Å². The fourth-order valence-corrected chi connectivity index (χ4v) is 4.72. The van der Waals surface area contributed by atoms with Crippen molar-refractivity contribution in [2.24, 2.45) is 5.92 Å². The SMILES string of the molecule is Cc1ccc2c(c1)[C@H](NC(=O)C1CCN(S(C)(=O)=O)CC1)CC(C)(C)O2. The fraction of sp³-hybridized carbons (Fsp3) is 0.632. The Morgan fingerprint density at radius 3 is 2.54 bits per heavy atom. The molecule has 1 amide bonds. The van der Waals surface area contributed by atoms with Crippen LogP contribution in [0.1, 0.15) is 50.3 Å². The first-order chi connectivity index (χ1) is 12.0. The summed E-state index contributed by atoms with van der Waals surface area (Å²) in [5.74, 6) is 0.685. The molecule has 0 radical (unpaired) electrons. The molecular weight excluding hydrogens is 352 g/mol. The van der Waals surface area contributed by atoms with Crippen LogP contribution >= 0.6 is 0 Å². The molecule has 1 fully saturated rings. The van der Waals surface area contributed by atoms with Crippen molar-refractivity contribution >= 4 is 15.9 Å². The average Bonchev–Trinajstić information content (AvgIpc) is 2.54. The Morgan fingerprint density at radius 1 is 1.27 bits per heavy atom. The average molecular weight is 381 g/mol. The molecule has 1 aromatic rings. The van der Waals surface area contributed by atoms with Gasteiger partial charge in [-0.2, -0.15) is 0 Å². The molecule has 1 N–H and O–H groups in total. The van der Waals surface area contributed by atoms with Crippen LogP contribution in [-0.4, -0.2) is 43.6 Å². The maximum absolute atomic E-state index is 12.8. The topological polar surface area (TPSA) is 75.7 Å². The van der Waals surface area contributed by atoms with Crippen molar-refractivity contribution in [3.8, 4) is 5.75 Å². The largest absolute Gasteiger partial charge is 0.487 e. The van der Waals surface area contributed by atoms with E-state index in [1.165, 1.54) is 10.6 Å². The molecule has 0 bridgehead atoms. The second kappa shape index (κ2) is 6.85. The highest BCUT2D eigenvalue weighted by atomic mass is 32.2. The maximum atomic E-state index is 12.8. The van der Waals surface area contributed by atoms with Crippen molar-refractivity contribution in [1.29, 1.82) is 0 Å². The molecule has 26 heavy (non-hydrogen) atoms. The fourth-order valence-electron chi connectivity index (χ4n) is 3.84. The van der Waals surface area contributed by atoms with E-state index in [9.17, 15) is 13.2 Å². The summed E-state index contributed by atoms with van der Waals surface area (Å²) in [5.41, 5.74) is 1.80. The standard InChI is InChI=1S/C19H28N2O4S/c1-13-5-6-17-15(11-13)16(12-19(2,3)25-17)20-18(22)14-7-9-21(10-8-14)26(4,23)24/h5-6,11,14,16H,7-10,12H2,1-4H3,(H,20,22)/t16-/m1/s1. The molecule has 2 heterocycles. The number of fused-ring (bicyclic) bond motifs is 1. The molecule has 0 unspecified atom stereocenters. The van der Waals surface area contributed by atoms with Crippen LogP contribution in [0.3, 0.4) is 0 Å². The number of piperidine rings is 1. The van der Waals surface area contributed by atoms with Gasteiger partial charge in [0.2, 0.25) is 15.9 Å². The van der Waals surface area contributed by atoms with E-state index in [1.54, 1.807) is 0 Å². The number of benzene rings is 1. The van der Waals surface area contributed by atoms with Gasteiger partial charge in [0.1, 0.15) is 11.4 Å². The minimum Gasteiger partial charge on any atom is -0.487 e. The van der Waals surface area contributed by atoms with Crippen LogP contribution in [0.4, 0.5) is 0 Å². The Hall–Kier alpha value is -1.60. The van der Waals surface area contributed by atoms with Gasteiger partial charge in [0.15, 0.2) is 0 Å². The molecule has 0 saturated carbocycles. The summed E-state index contributed by atoms with van der Waals surface area (Å²) in [6.45, 7) is 6.90. The van der Waals surface area contributed by atoms with Gasteiger partial charge < -0.3 is 10.1 Å². The van der Waals surface area contributed by atoms with Crippen LogP contribution < -0.4 is 10.1 Å². The summed E-state index contributed by atoms with van der Waals surface area (Å²) in [6, 6.07) is 5.96. The molecule has 0 aromatic heterocycles. The highest BCUT2D eigenvalue weighted by Gasteiger charge is 2.36. The van der Waals surface area contributed by atoms with Crippen molar-refractivity contribution in [1.82, 2.24) is 9.62 Å². The first-order valence-electron chi connectivity index (χ1n) is 9.10. The molecule has 2 aliphatic heterocycles. The van der Waals surface area contributed by atoms with Gasteiger partial charge in [0, 0.05) is 31.0 Å². The normalized spacial score (nSPS) is 23.8. The number of carbonyl (C=O) groups excluding carboxylic acids is 1. The van der Waals surface area contributed by atoms with Crippen molar-refractivity contribution in [2.75, 3.05) is 19.3 Å². The predicted octanol–water partition coefficient (Wildman–Crippen LogP) is 2.39. The Labute approximate surface area is 156 Å². The van der Waals surface area contributed by atoms with Crippen molar-refractivity contribution in [3.63, 3.8) is 0 Å². The first-order valence-corrected chi connectivity index (χ1v) is 10.9. The third kappa shape index (κ3) is 4.20. The number of ether oxygens (including phenoxy) is 1. The molecule has 0 aliphatic carbocycles. The zero-order valence-corrected chi connectivity index (χ0v) is 16.7. The smallest absolute Gasteiger partial charge is 0.223 e. The van der Waals surface area contributed by atoms with Gasteiger partial charge in [-0.25, -0.2) is 12.7 Å². The van der Waals surface area contributed by atoms with Gasteiger partial charge in [-0.1, -0.05) is 17.7 Å². The lowest BCUT2D eigenvalue weighted by molar-refractivity contribution is -0.127. The molecular formula is C19H28N2O4S. The number of sulfonamides is 1. The lowest BCUT2D eigenvalue weighted by Gasteiger charge is -2.39. The summed E-state index contributed by atoms with van der Waals surface area (Å²) in [5, 5.41) is 3.19. The number of hydrogen-bond acceptors (Lipinski definition) is 4. The third-order valence-electron chi connectivity index (χ3n) is 5.23. The predicted molar refractivity (Wildman–Crippen MR) is 101 cm³/mol. The Balaban J connectivity index is 1.71. The molecule has 1 aromatic carbocycles. The van der Waals surface area contributed by atoms with E-state index in [2.05, 4.69) is 11.4 Å². The molecule has 2 aliphatic rings. The third-order valence-corrected chi connectivity index (χ3v) is 6.54. The number of nitrogens with one attached hydrogen (secondary N) is 1. The molecule has 6 nitrogen and oxygen atoms in total. The summed E-state index contributed by atoms with van der Waals surface area (Å²) < 4.78 is 30.8. The summed E-state index contributed by atoms with van der Waals surface area (Å²) >= 11 is 0. The summed E-state index contributed by atoms with van der Waals surface area (Å²) in [7, 11) is -3.18. The van der Waals surface area contributed by atoms with Gasteiger partial charge in [0.05, 0.1) is 12.3 Å². The van der Waals surface area contributed by atoms with E-state index in [0.29, 0.717) is 32.4 Å². The molecule has 1 saturated heterocycles. The number of nitrogens with zero attached hydrogens (tertiary/aromatic N) is 1. The van der Waals surface area contributed by atoms with E-state index in [4.69, 9.17) is 4.74 Å². The number of amides is 1. The second-order valence-corrected chi connectivity index (χ2v) is 10.1. The van der Waals surface area contributed by atoms with E-state index in [0.717, 1.165) is 16.9 Å². The monoisotopic (exact) mass is 380 g/mol. The number of rotatable bonds is 3. The molecule has 1 atom stereocenters. The van der Waals surface area contributed by atoms with E-state index < -0.39 is 10.0 Å². The van der Waals surface area contributed by atoms with Crippen LogP contribution in [0.15, 0.2) is 18.2 Å². The maximum Gasteiger partial charge on any atom is 0.223 e. The van der Waals surface area contributed by atoms with Crippen molar-refractivity contribution in [2.45, 2.75) is 51.7 Å². The lowest BCUT2D eigenvalue weighted by atomic mass is 9.88. The lowest BCUT2D eigenvalue weighted by Crippen LogP contribution is -2.46. The molecule has 0 spiro atoms. The van der Waals surface area contributed by atoms with E-state index in [-0.39, 0.29) is 23.5 Å². The molecule has 144 valence electrons. The minimum atomic E-state index is -3.18. The first kappa shape index (κ1) is 19.2. The van der Waals surface area contributed by atoms with E-state index in [1.807, 2.05) is 32.9 Å². The van der Waals surface area contributed by atoms with Crippen LogP contribution in [0.5, 0.6) is 5.75 Å². The highest BCUT2D eigenvalue weighted by Crippen LogP contribution is 2.40.